The molecule has 0 unspecified atom stereocenters. The van der Waals surface area contributed by atoms with Gasteiger partial charge in [0.2, 0.25) is 0 Å². The summed E-state index contributed by atoms with van der Waals surface area (Å²) >= 11 is 1.26. The molecule has 0 atom stereocenters. The maximum Gasteiger partial charge on any atom is 0.265 e. The molecule has 4 nitrogen and oxygen atoms in total. The van der Waals surface area contributed by atoms with Gasteiger partial charge in [0, 0.05) is 18.7 Å². The van der Waals surface area contributed by atoms with Crippen LogP contribution in [0.2, 0.25) is 0 Å². The Morgan fingerprint density at radius 1 is 1.39 bits per heavy atom. The first-order valence-electron chi connectivity index (χ1n) is 7.83. The molecule has 1 fully saturated rings. The third-order valence-electron chi connectivity index (χ3n) is 4.22. The second kappa shape index (κ2) is 7.19. The lowest BCUT2D eigenvalue weighted by atomic mass is 9.97. The molecule has 1 aliphatic rings. The SMILES string of the molecule is CNCC1CCN(C(=O)c2cnc(-c3ccccc3F)s2)CC1. The Bertz CT molecular complexity index is 680. The van der Waals surface area contributed by atoms with E-state index in [0.717, 1.165) is 32.5 Å². The molecule has 1 saturated heterocycles. The number of benzene rings is 1. The maximum absolute atomic E-state index is 13.8. The van der Waals surface area contributed by atoms with Crippen LogP contribution in [-0.4, -0.2) is 42.5 Å². The van der Waals surface area contributed by atoms with Crippen LogP contribution in [0.3, 0.4) is 0 Å². The van der Waals surface area contributed by atoms with E-state index in [1.807, 2.05) is 11.9 Å². The minimum absolute atomic E-state index is 0.00740. The number of aromatic nitrogens is 1. The van der Waals surface area contributed by atoms with E-state index in [9.17, 15) is 9.18 Å². The van der Waals surface area contributed by atoms with E-state index in [0.29, 0.717) is 21.4 Å². The van der Waals surface area contributed by atoms with Crippen LogP contribution < -0.4 is 5.32 Å². The molecule has 0 radical (unpaired) electrons. The van der Waals surface area contributed by atoms with Crippen molar-refractivity contribution in [3.05, 3.63) is 41.2 Å². The second-order valence-corrected chi connectivity index (χ2v) is 6.83. The van der Waals surface area contributed by atoms with E-state index in [1.165, 1.54) is 17.4 Å². The molecule has 3 rings (SSSR count). The number of likely N-dealkylation sites (tertiary alicyclic amines) is 1. The summed E-state index contributed by atoms with van der Waals surface area (Å²) in [4.78, 5) is 19.3. The number of nitrogens with zero attached hydrogens (tertiary/aromatic N) is 2. The lowest BCUT2D eigenvalue weighted by Crippen LogP contribution is -2.40. The molecule has 1 N–H and O–H groups in total. The molecular formula is C17H20FN3OS. The number of thiazole rings is 1. The number of amides is 1. The van der Waals surface area contributed by atoms with Crippen molar-refractivity contribution in [1.82, 2.24) is 15.2 Å². The van der Waals surface area contributed by atoms with E-state index < -0.39 is 0 Å². The summed E-state index contributed by atoms with van der Waals surface area (Å²) in [6.45, 7) is 2.55. The lowest BCUT2D eigenvalue weighted by Gasteiger charge is -2.31. The van der Waals surface area contributed by atoms with E-state index >= 15 is 0 Å². The zero-order valence-corrected chi connectivity index (χ0v) is 13.9. The third-order valence-corrected chi connectivity index (χ3v) is 5.23. The molecule has 2 aromatic rings. The summed E-state index contributed by atoms with van der Waals surface area (Å²) in [5.41, 5.74) is 0.448. The van der Waals surface area contributed by atoms with Crippen molar-refractivity contribution in [1.29, 1.82) is 0 Å². The van der Waals surface area contributed by atoms with Gasteiger partial charge in [0.25, 0.3) is 5.91 Å². The van der Waals surface area contributed by atoms with Crippen LogP contribution in [0.4, 0.5) is 4.39 Å². The van der Waals surface area contributed by atoms with E-state index in [1.54, 1.807) is 24.4 Å². The summed E-state index contributed by atoms with van der Waals surface area (Å²) in [5, 5.41) is 3.75. The third kappa shape index (κ3) is 3.59. The van der Waals surface area contributed by atoms with Crippen molar-refractivity contribution in [3.8, 4) is 10.6 Å². The monoisotopic (exact) mass is 333 g/mol. The minimum Gasteiger partial charge on any atom is -0.338 e. The van der Waals surface area contributed by atoms with Gasteiger partial charge in [-0.25, -0.2) is 9.37 Å². The van der Waals surface area contributed by atoms with E-state index in [2.05, 4.69) is 10.3 Å². The van der Waals surface area contributed by atoms with Crippen molar-refractivity contribution in [3.63, 3.8) is 0 Å². The topological polar surface area (TPSA) is 45.2 Å². The minimum atomic E-state index is -0.311. The van der Waals surface area contributed by atoms with Gasteiger partial charge in [-0.15, -0.1) is 11.3 Å². The molecule has 0 saturated carbocycles. The highest BCUT2D eigenvalue weighted by atomic mass is 32.1. The zero-order chi connectivity index (χ0) is 16.2. The van der Waals surface area contributed by atoms with Crippen molar-refractivity contribution < 1.29 is 9.18 Å². The van der Waals surface area contributed by atoms with Gasteiger partial charge in [-0.3, -0.25) is 4.79 Å². The lowest BCUT2D eigenvalue weighted by molar-refractivity contribution is 0.0695. The van der Waals surface area contributed by atoms with Gasteiger partial charge < -0.3 is 10.2 Å². The van der Waals surface area contributed by atoms with Crippen molar-refractivity contribution in [2.45, 2.75) is 12.8 Å². The van der Waals surface area contributed by atoms with Crippen LogP contribution in [-0.2, 0) is 0 Å². The Balaban J connectivity index is 1.69. The Morgan fingerprint density at radius 2 is 2.13 bits per heavy atom. The number of hydrogen-bond acceptors (Lipinski definition) is 4. The fourth-order valence-electron chi connectivity index (χ4n) is 2.92. The first-order valence-corrected chi connectivity index (χ1v) is 8.65. The molecule has 0 spiro atoms. The summed E-state index contributed by atoms with van der Waals surface area (Å²) in [7, 11) is 1.96. The Morgan fingerprint density at radius 3 is 2.83 bits per heavy atom. The first kappa shape index (κ1) is 16.1. The molecule has 0 aliphatic carbocycles. The zero-order valence-electron chi connectivity index (χ0n) is 13.1. The Labute approximate surface area is 139 Å². The van der Waals surface area contributed by atoms with Gasteiger partial charge in [-0.1, -0.05) is 12.1 Å². The van der Waals surface area contributed by atoms with E-state index in [4.69, 9.17) is 0 Å². The first-order chi connectivity index (χ1) is 11.2. The molecule has 1 aromatic carbocycles. The quantitative estimate of drug-likeness (QED) is 0.935. The van der Waals surface area contributed by atoms with Crippen molar-refractivity contribution in [2.24, 2.45) is 5.92 Å². The van der Waals surface area contributed by atoms with Gasteiger partial charge in [0.05, 0.1) is 6.20 Å². The van der Waals surface area contributed by atoms with Crippen molar-refractivity contribution in [2.75, 3.05) is 26.7 Å². The van der Waals surface area contributed by atoms with Gasteiger partial charge in [-0.2, -0.15) is 0 Å². The summed E-state index contributed by atoms with van der Waals surface area (Å²) in [5.74, 6) is 0.334. The van der Waals surface area contributed by atoms with Crippen LogP contribution in [0.1, 0.15) is 22.5 Å². The standard InChI is InChI=1S/C17H20FN3OS/c1-19-10-12-6-8-21(9-7-12)17(22)15-11-20-16(23-15)13-4-2-3-5-14(13)18/h2-5,11-12,19H,6-10H2,1H3. The number of rotatable bonds is 4. The second-order valence-electron chi connectivity index (χ2n) is 5.80. The molecule has 0 bridgehead atoms. The van der Waals surface area contributed by atoms with E-state index in [-0.39, 0.29) is 11.7 Å². The highest BCUT2D eigenvalue weighted by molar-refractivity contribution is 7.16. The van der Waals surface area contributed by atoms with Gasteiger partial charge in [0.1, 0.15) is 15.7 Å². The highest BCUT2D eigenvalue weighted by Gasteiger charge is 2.25. The van der Waals surface area contributed by atoms with Crippen LogP contribution in [0.15, 0.2) is 30.5 Å². The molecule has 1 aromatic heterocycles. The van der Waals surface area contributed by atoms with Crippen molar-refractivity contribution >= 4 is 17.2 Å². The van der Waals surface area contributed by atoms with Gasteiger partial charge in [0.15, 0.2) is 0 Å². The summed E-state index contributed by atoms with van der Waals surface area (Å²) in [6.07, 6.45) is 3.60. The highest BCUT2D eigenvalue weighted by Crippen LogP contribution is 2.28. The largest absolute Gasteiger partial charge is 0.338 e. The number of halogens is 1. The predicted octanol–water partition coefficient (Wildman–Crippen LogP) is 3.02. The predicted molar refractivity (Wildman–Crippen MR) is 90.1 cm³/mol. The van der Waals surface area contributed by atoms with Crippen LogP contribution >= 0.6 is 11.3 Å². The average molecular weight is 333 g/mol. The number of nitrogens with one attached hydrogen (secondary N) is 1. The molecular weight excluding hydrogens is 313 g/mol. The fourth-order valence-corrected chi connectivity index (χ4v) is 3.83. The molecule has 6 heteroatoms. The normalized spacial score (nSPS) is 15.8. The Kier molecular flexibility index (Phi) is 5.03. The number of hydrogen-bond donors (Lipinski definition) is 1. The average Bonchev–Trinajstić information content (AvgIpc) is 3.05. The molecule has 1 amide bonds. The van der Waals surface area contributed by atoms with Gasteiger partial charge in [-0.05, 0) is 44.5 Å². The number of carbonyl (C=O) groups is 1. The van der Waals surface area contributed by atoms with Crippen LogP contribution in [0.25, 0.3) is 10.6 Å². The molecule has 1 aliphatic heterocycles. The fraction of sp³-hybridized carbons (Fsp3) is 0.412. The Hall–Kier alpha value is -1.79. The molecule has 122 valence electrons. The number of carbonyl (C=O) groups excluding carboxylic acids is 1. The summed E-state index contributed by atoms with van der Waals surface area (Å²) in [6, 6.07) is 6.51. The molecule has 2 heterocycles. The van der Waals surface area contributed by atoms with Gasteiger partial charge >= 0.3 is 0 Å². The maximum atomic E-state index is 13.8. The van der Waals surface area contributed by atoms with Crippen LogP contribution in [0, 0.1) is 11.7 Å². The smallest absolute Gasteiger partial charge is 0.265 e. The number of piperidine rings is 1. The molecule has 23 heavy (non-hydrogen) atoms. The van der Waals surface area contributed by atoms with Crippen LogP contribution in [0.5, 0.6) is 0 Å². The summed E-state index contributed by atoms with van der Waals surface area (Å²) < 4.78 is 13.8.